The second kappa shape index (κ2) is 4.23. The van der Waals surface area contributed by atoms with Crippen LogP contribution in [0.5, 0.6) is 0 Å². The minimum atomic E-state index is 0.300. The normalized spacial score (nSPS) is 13.0. The van der Waals surface area contributed by atoms with E-state index in [1.807, 2.05) is 39.2 Å². The minimum Gasteiger partial charge on any atom is -0.355 e. The van der Waals surface area contributed by atoms with Gasteiger partial charge < -0.3 is 5.32 Å². The van der Waals surface area contributed by atoms with Crippen LogP contribution in [0.4, 0.5) is 5.82 Å². The van der Waals surface area contributed by atoms with E-state index >= 15 is 0 Å². The fourth-order valence-corrected chi connectivity index (χ4v) is 0.967. The molecule has 1 atom stereocenters. The molecule has 1 unspecified atom stereocenters. The van der Waals surface area contributed by atoms with Crippen molar-refractivity contribution in [3.63, 3.8) is 0 Å². The lowest BCUT2D eigenvalue weighted by atomic mass is 10.3. The van der Waals surface area contributed by atoms with Gasteiger partial charge in [-0.2, -0.15) is 0 Å². The summed E-state index contributed by atoms with van der Waals surface area (Å²) in [7, 11) is 4.07. The van der Waals surface area contributed by atoms with Crippen molar-refractivity contribution in [1.82, 2.24) is 9.88 Å². The maximum Gasteiger partial charge on any atom is 0.127 e. The average molecular weight is 179 g/mol. The number of anilines is 1. The molecule has 0 saturated carbocycles. The van der Waals surface area contributed by atoms with Gasteiger partial charge in [0.05, 0.1) is 6.17 Å². The van der Waals surface area contributed by atoms with E-state index in [0.717, 1.165) is 11.5 Å². The number of pyridine rings is 1. The van der Waals surface area contributed by atoms with Crippen molar-refractivity contribution < 1.29 is 0 Å². The number of nitrogens with zero attached hydrogens (tertiary/aromatic N) is 2. The lowest BCUT2D eigenvalue weighted by molar-refractivity contribution is 0.343. The van der Waals surface area contributed by atoms with Crippen LogP contribution in [-0.2, 0) is 0 Å². The van der Waals surface area contributed by atoms with Gasteiger partial charge in [0.15, 0.2) is 0 Å². The van der Waals surface area contributed by atoms with Crippen LogP contribution in [0.3, 0.4) is 0 Å². The Hall–Kier alpha value is -1.09. The Bertz CT molecular complexity index is 271. The first-order chi connectivity index (χ1) is 6.09. The molecular formula is C10H17N3. The summed E-state index contributed by atoms with van der Waals surface area (Å²) in [5.74, 6) is 0.932. The molecule has 0 aliphatic heterocycles. The summed E-state index contributed by atoms with van der Waals surface area (Å²) >= 11 is 0. The van der Waals surface area contributed by atoms with E-state index in [1.54, 1.807) is 0 Å². The highest BCUT2D eigenvalue weighted by Crippen LogP contribution is 2.05. The lowest BCUT2D eigenvalue weighted by Crippen LogP contribution is -2.32. The fourth-order valence-electron chi connectivity index (χ4n) is 0.967. The molecular weight excluding hydrogens is 162 g/mol. The number of rotatable bonds is 3. The fraction of sp³-hybridized carbons (Fsp3) is 0.500. The molecule has 0 amide bonds. The highest BCUT2D eigenvalue weighted by atomic mass is 15.2. The SMILES string of the molecule is Cc1cccc(NC(C)N(C)C)n1. The monoisotopic (exact) mass is 179 g/mol. The molecule has 1 heterocycles. The van der Waals surface area contributed by atoms with E-state index in [0.29, 0.717) is 6.17 Å². The zero-order chi connectivity index (χ0) is 9.84. The third-order valence-corrected chi connectivity index (χ3v) is 2.02. The molecule has 0 aliphatic carbocycles. The maximum absolute atomic E-state index is 4.36. The predicted octanol–water partition coefficient (Wildman–Crippen LogP) is 1.71. The van der Waals surface area contributed by atoms with Crippen molar-refractivity contribution >= 4 is 5.82 Å². The smallest absolute Gasteiger partial charge is 0.127 e. The number of hydrogen-bond acceptors (Lipinski definition) is 3. The molecule has 72 valence electrons. The zero-order valence-corrected chi connectivity index (χ0v) is 8.70. The Balaban J connectivity index is 2.64. The van der Waals surface area contributed by atoms with Crippen LogP contribution in [0.1, 0.15) is 12.6 Å². The molecule has 0 saturated heterocycles. The van der Waals surface area contributed by atoms with Gasteiger partial charge in [0, 0.05) is 5.69 Å². The van der Waals surface area contributed by atoms with Gasteiger partial charge in [-0.05, 0) is 40.1 Å². The van der Waals surface area contributed by atoms with E-state index in [-0.39, 0.29) is 0 Å². The number of nitrogens with one attached hydrogen (secondary N) is 1. The third-order valence-electron chi connectivity index (χ3n) is 2.02. The topological polar surface area (TPSA) is 28.2 Å². The van der Waals surface area contributed by atoms with Crippen molar-refractivity contribution in [2.24, 2.45) is 0 Å². The largest absolute Gasteiger partial charge is 0.355 e. The molecule has 1 N–H and O–H groups in total. The van der Waals surface area contributed by atoms with Crippen molar-refractivity contribution in [3.8, 4) is 0 Å². The van der Waals surface area contributed by atoms with E-state index in [1.165, 1.54) is 0 Å². The Morgan fingerprint density at radius 3 is 2.62 bits per heavy atom. The highest BCUT2D eigenvalue weighted by Gasteiger charge is 2.03. The molecule has 0 spiro atoms. The molecule has 0 radical (unpaired) electrons. The Labute approximate surface area is 79.8 Å². The standard InChI is InChI=1S/C10H17N3/c1-8-6-5-7-10(11-8)12-9(2)13(3)4/h5-7,9H,1-4H3,(H,11,12). The van der Waals surface area contributed by atoms with Gasteiger partial charge in [-0.15, -0.1) is 0 Å². The van der Waals surface area contributed by atoms with E-state index in [2.05, 4.69) is 22.1 Å². The molecule has 0 aliphatic rings. The predicted molar refractivity (Wildman–Crippen MR) is 55.7 cm³/mol. The summed E-state index contributed by atoms with van der Waals surface area (Å²) in [6, 6.07) is 5.98. The second-order valence-electron chi connectivity index (χ2n) is 3.45. The lowest BCUT2D eigenvalue weighted by Gasteiger charge is -2.21. The number of aryl methyl sites for hydroxylation is 1. The summed E-state index contributed by atoms with van der Waals surface area (Å²) in [4.78, 5) is 6.46. The van der Waals surface area contributed by atoms with Gasteiger partial charge in [-0.25, -0.2) is 4.98 Å². The van der Waals surface area contributed by atoms with Gasteiger partial charge in [-0.3, -0.25) is 4.90 Å². The minimum absolute atomic E-state index is 0.300. The first kappa shape index (κ1) is 9.99. The van der Waals surface area contributed by atoms with Crippen LogP contribution in [-0.4, -0.2) is 30.1 Å². The van der Waals surface area contributed by atoms with Crippen molar-refractivity contribution in [2.45, 2.75) is 20.0 Å². The molecule has 0 fully saturated rings. The van der Waals surface area contributed by atoms with E-state index in [9.17, 15) is 0 Å². The van der Waals surface area contributed by atoms with Gasteiger partial charge in [0.25, 0.3) is 0 Å². The van der Waals surface area contributed by atoms with Crippen LogP contribution in [0.25, 0.3) is 0 Å². The molecule has 13 heavy (non-hydrogen) atoms. The summed E-state index contributed by atoms with van der Waals surface area (Å²) in [5, 5.41) is 3.30. The molecule has 1 aromatic heterocycles. The van der Waals surface area contributed by atoms with E-state index < -0.39 is 0 Å². The number of hydrogen-bond donors (Lipinski definition) is 1. The molecule has 3 heteroatoms. The first-order valence-corrected chi connectivity index (χ1v) is 4.46. The van der Waals surface area contributed by atoms with Gasteiger partial charge in [-0.1, -0.05) is 6.07 Å². The summed E-state index contributed by atoms with van der Waals surface area (Å²) in [5.41, 5.74) is 1.04. The summed E-state index contributed by atoms with van der Waals surface area (Å²) < 4.78 is 0. The third kappa shape index (κ3) is 3.03. The molecule has 3 nitrogen and oxygen atoms in total. The quantitative estimate of drug-likeness (QED) is 0.716. The van der Waals surface area contributed by atoms with Gasteiger partial charge >= 0.3 is 0 Å². The van der Waals surface area contributed by atoms with Crippen LogP contribution in [0.2, 0.25) is 0 Å². The Morgan fingerprint density at radius 2 is 2.08 bits per heavy atom. The van der Waals surface area contributed by atoms with Crippen LogP contribution in [0.15, 0.2) is 18.2 Å². The molecule has 1 aromatic rings. The Morgan fingerprint density at radius 1 is 1.38 bits per heavy atom. The van der Waals surface area contributed by atoms with Gasteiger partial charge in [0.2, 0.25) is 0 Å². The molecule has 0 bridgehead atoms. The zero-order valence-electron chi connectivity index (χ0n) is 8.70. The summed E-state index contributed by atoms with van der Waals surface area (Å²) in [6.45, 7) is 4.09. The number of aromatic nitrogens is 1. The molecule has 0 aromatic carbocycles. The second-order valence-corrected chi connectivity index (χ2v) is 3.45. The maximum atomic E-state index is 4.36. The Kier molecular flexibility index (Phi) is 3.25. The molecule has 1 rings (SSSR count). The average Bonchev–Trinajstić information content (AvgIpc) is 2.04. The van der Waals surface area contributed by atoms with Crippen LogP contribution >= 0.6 is 0 Å². The highest BCUT2D eigenvalue weighted by molar-refractivity contribution is 5.35. The summed E-state index contributed by atoms with van der Waals surface area (Å²) in [6.07, 6.45) is 0.300. The van der Waals surface area contributed by atoms with Crippen molar-refractivity contribution in [3.05, 3.63) is 23.9 Å². The first-order valence-electron chi connectivity index (χ1n) is 4.46. The van der Waals surface area contributed by atoms with Crippen molar-refractivity contribution in [1.29, 1.82) is 0 Å². The van der Waals surface area contributed by atoms with Gasteiger partial charge in [0.1, 0.15) is 5.82 Å². The van der Waals surface area contributed by atoms with E-state index in [4.69, 9.17) is 0 Å². The van der Waals surface area contributed by atoms with Crippen LogP contribution in [0, 0.1) is 6.92 Å². The van der Waals surface area contributed by atoms with Crippen LogP contribution < -0.4 is 5.32 Å². The van der Waals surface area contributed by atoms with Crippen molar-refractivity contribution in [2.75, 3.05) is 19.4 Å².